The summed E-state index contributed by atoms with van der Waals surface area (Å²) in [5, 5.41) is 20.1. The van der Waals surface area contributed by atoms with Gasteiger partial charge in [0.05, 0.1) is 11.5 Å². The minimum Gasteiger partial charge on any atom is -0.481 e. The number of benzene rings is 2. The van der Waals surface area contributed by atoms with E-state index in [1.54, 1.807) is 6.92 Å². The lowest BCUT2D eigenvalue weighted by molar-refractivity contribution is -0.144. The zero-order valence-electron chi connectivity index (χ0n) is 12.1. The number of carbonyl (C=O) groups is 1. The van der Waals surface area contributed by atoms with Gasteiger partial charge in [0.15, 0.2) is 0 Å². The SMILES string of the molecule is CC(O)(CC(Cc1ccccc1)C(=O)O)c1ccccc1. The van der Waals surface area contributed by atoms with Gasteiger partial charge in [0.25, 0.3) is 0 Å². The molecule has 3 heteroatoms. The first kappa shape index (κ1) is 15.3. The normalized spacial score (nSPS) is 15.1. The molecule has 0 bridgehead atoms. The van der Waals surface area contributed by atoms with Crippen molar-refractivity contribution in [3.63, 3.8) is 0 Å². The van der Waals surface area contributed by atoms with Gasteiger partial charge in [-0.3, -0.25) is 4.79 Å². The maximum Gasteiger partial charge on any atom is 0.306 e. The monoisotopic (exact) mass is 284 g/mol. The molecule has 2 rings (SSSR count). The minimum absolute atomic E-state index is 0.182. The van der Waals surface area contributed by atoms with Crippen LogP contribution in [-0.4, -0.2) is 16.2 Å². The van der Waals surface area contributed by atoms with Crippen LogP contribution in [-0.2, 0) is 16.8 Å². The summed E-state index contributed by atoms with van der Waals surface area (Å²) in [6.07, 6.45) is 0.598. The fourth-order valence-corrected chi connectivity index (χ4v) is 2.54. The second kappa shape index (κ2) is 6.55. The highest BCUT2D eigenvalue weighted by atomic mass is 16.4. The minimum atomic E-state index is -1.15. The van der Waals surface area contributed by atoms with Crippen molar-refractivity contribution in [2.24, 2.45) is 5.92 Å². The molecule has 110 valence electrons. The van der Waals surface area contributed by atoms with E-state index in [-0.39, 0.29) is 6.42 Å². The Labute approximate surface area is 124 Å². The number of aliphatic hydroxyl groups is 1. The largest absolute Gasteiger partial charge is 0.481 e. The lowest BCUT2D eigenvalue weighted by atomic mass is 9.83. The fourth-order valence-electron chi connectivity index (χ4n) is 2.54. The molecule has 0 saturated heterocycles. The van der Waals surface area contributed by atoms with Crippen LogP contribution in [0.1, 0.15) is 24.5 Å². The summed E-state index contributed by atoms with van der Waals surface area (Å²) in [5.41, 5.74) is 0.553. The van der Waals surface area contributed by atoms with Gasteiger partial charge in [-0.05, 0) is 30.9 Å². The van der Waals surface area contributed by atoms with E-state index < -0.39 is 17.5 Å². The molecule has 2 aromatic rings. The van der Waals surface area contributed by atoms with E-state index in [0.29, 0.717) is 6.42 Å². The molecule has 0 saturated carbocycles. The van der Waals surface area contributed by atoms with Gasteiger partial charge in [-0.25, -0.2) is 0 Å². The second-order valence-corrected chi connectivity index (χ2v) is 5.57. The number of hydrogen-bond acceptors (Lipinski definition) is 2. The smallest absolute Gasteiger partial charge is 0.306 e. The number of carboxylic acid groups (broad SMARTS) is 1. The van der Waals surface area contributed by atoms with E-state index >= 15 is 0 Å². The summed E-state index contributed by atoms with van der Waals surface area (Å²) in [6.45, 7) is 1.67. The molecule has 0 heterocycles. The third-order valence-corrected chi connectivity index (χ3v) is 3.71. The molecule has 0 amide bonds. The van der Waals surface area contributed by atoms with E-state index in [0.717, 1.165) is 11.1 Å². The molecule has 2 atom stereocenters. The molecular weight excluding hydrogens is 264 g/mol. The Morgan fingerprint density at radius 2 is 1.57 bits per heavy atom. The van der Waals surface area contributed by atoms with Gasteiger partial charge in [0.2, 0.25) is 0 Å². The van der Waals surface area contributed by atoms with Crippen molar-refractivity contribution < 1.29 is 15.0 Å². The van der Waals surface area contributed by atoms with Crippen molar-refractivity contribution in [1.82, 2.24) is 0 Å². The van der Waals surface area contributed by atoms with E-state index in [1.165, 1.54) is 0 Å². The van der Waals surface area contributed by atoms with Crippen molar-refractivity contribution in [3.8, 4) is 0 Å². The standard InChI is InChI=1S/C18H20O3/c1-18(21,16-10-6-3-7-11-16)13-15(17(19)20)12-14-8-4-2-5-9-14/h2-11,15,21H,12-13H2,1H3,(H,19,20). The first-order chi connectivity index (χ1) is 9.99. The van der Waals surface area contributed by atoms with E-state index in [1.807, 2.05) is 60.7 Å². The quantitative estimate of drug-likeness (QED) is 0.856. The molecule has 0 radical (unpaired) electrons. The fraction of sp³-hybridized carbons (Fsp3) is 0.278. The van der Waals surface area contributed by atoms with Gasteiger partial charge in [-0.2, -0.15) is 0 Å². The molecule has 0 aromatic heterocycles. The van der Waals surface area contributed by atoms with E-state index in [2.05, 4.69) is 0 Å². The summed E-state index contributed by atoms with van der Waals surface area (Å²) < 4.78 is 0. The highest BCUT2D eigenvalue weighted by molar-refractivity contribution is 5.70. The summed E-state index contributed by atoms with van der Waals surface area (Å²) >= 11 is 0. The van der Waals surface area contributed by atoms with Crippen molar-refractivity contribution in [1.29, 1.82) is 0 Å². The van der Waals surface area contributed by atoms with Crippen molar-refractivity contribution in [3.05, 3.63) is 71.8 Å². The summed E-state index contributed by atoms with van der Waals surface area (Å²) in [4.78, 5) is 11.5. The molecule has 3 nitrogen and oxygen atoms in total. The Kier molecular flexibility index (Phi) is 4.76. The number of aliphatic carboxylic acids is 1. The summed E-state index contributed by atoms with van der Waals surface area (Å²) in [5.74, 6) is -1.50. The number of carboxylic acids is 1. The zero-order chi connectivity index (χ0) is 15.3. The van der Waals surface area contributed by atoms with Crippen LogP contribution in [0.5, 0.6) is 0 Å². The van der Waals surface area contributed by atoms with Gasteiger partial charge in [-0.1, -0.05) is 60.7 Å². The topological polar surface area (TPSA) is 57.5 Å². The molecule has 2 unspecified atom stereocenters. The Hall–Kier alpha value is -2.13. The van der Waals surface area contributed by atoms with Crippen molar-refractivity contribution >= 4 is 5.97 Å². The van der Waals surface area contributed by atoms with Gasteiger partial charge in [-0.15, -0.1) is 0 Å². The van der Waals surface area contributed by atoms with Gasteiger partial charge in [0.1, 0.15) is 0 Å². The molecule has 0 aliphatic heterocycles. The highest BCUT2D eigenvalue weighted by Gasteiger charge is 2.31. The van der Waals surface area contributed by atoms with Gasteiger partial charge in [0, 0.05) is 0 Å². The van der Waals surface area contributed by atoms with Crippen LogP contribution in [0.25, 0.3) is 0 Å². The van der Waals surface area contributed by atoms with Gasteiger partial charge >= 0.3 is 5.97 Å². The average molecular weight is 284 g/mol. The Morgan fingerprint density at radius 3 is 2.10 bits per heavy atom. The maximum absolute atomic E-state index is 11.5. The first-order valence-corrected chi connectivity index (χ1v) is 7.03. The molecule has 0 aliphatic carbocycles. The Morgan fingerprint density at radius 1 is 1.05 bits per heavy atom. The van der Waals surface area contributed by atoms with Crippen LogP contribution in [0.4, 0.5) is 0 Å². The average Bonchev–Trinajstić information content (AvgIpc) is 2.48. The van der Waals surface area contributed by atoms with Crippen LogP contribution in [0.2, 0.25) is 0 Å². The van der Waals surface area contributed by atoms with Crippen LogP contribution in [0, 0.1) is 5.92 Å². The summed E-state index contributed by atoms with van der Waals surface area (Å²) in [7, 11) is 0. The maximum atomic E-state index is 11.5. The lowest BCUT2D eigenvalue weighted by Gasteiger charge is -2.27. The van der Waals surface area contributed by atoms with Crippen molar-refractivity contribution in [2.45, 2.75) is 25.4 Å². The Balaban J connectivity index is 2.15. The molecule has 0 spiro atoms. The Bertz CT molecular complexity index is 576. The van der Waals surface area contributed by atoms with Gasteiger partial charge < -0.3 is 10.2 Å². The van der Waals surface area contributed by atoms with E-state index in [4.69, 9.17) is 0 Å². The lowest BCUT2D eigenvalue weighted by Crippen LogP contribution is -2.29. The van der Waals surface area contributed by atoms with Crippen LogP contribution >= 0.6 is 0 Å². The number of rotatable bonds is 6. The third-order valence-electron chi connectivity index (χ3n) is 3.71. The van der Waals surface area contributed by atoms with Crippen LogP contribution in [0.3, 0.4) is 0 Å². The first-order valence-electron chi connectivity index (χ1n) is 7.03. The highest BCUT2D eigenvalue weighted by Crippen LogP contribution is 2.29. The third kappa shape index (κ3) is 4.17. The van der Waals surface area contributed by atoms with Crippen LogP contribution in [0.15, 0.2) is 60.7 Å². The molecule has 21 heavy (non-hydrogen) atoms. The predicted octanol–water partition coefficient (Wildman–Crippen LogP) is 3.23. The molecule has 2 aromatic carbocycles. The van der Waals surface area contributed by atoms with Crippen LogP contribution < -0.4 is 0 Å². The zero-order valence-corrected chi connectivity index (χ0v) is 12.1. The van der Waals surface area contributed by atoms with Crippen molar-refractivity contribution in [2.75, 3.05) is 0 Å². The predicted molar refractivity (Wildman–Crippen MR) is 81.9 cm³/mol. The molecule has 2 N–H and O–H groups in total. The second-order valence-electron chi connectivity index (χ2n) is 5.57. The summed E-state index contributed by atoms with van der Waals surface area (Å²) in [6, 6.07) is 18.7. The molecule has 0 aliphatic rings. The molecule has 0 fully saturated rings. The number of hydrogen-bond donors (Lipinski definition) is 2. The van der Waals surface area contributed by atoms with E-state index in [9.17, 15) is 15.0 Å². The molecular formula is C18H20O3.